The third-order valence-electron chi connectivity index (χ3n) is 2.80. The molecular weight excluding hydrogens is 270 g/mol. The second-order valence-corrected chi connectivity index (χ2v) is 5.03. The Morgan fingerprint density at radius 2 is 2.31 bits per heavy atom. The van der Waals surface area contributed by atoms with Gasteiger partial charge in [0.15, 0.2) is 0 Å². The molecule has 4 heteroatoms. The van der Waals surface area contributed by atoms with Gasteiger partial charge in [0.2, 0.25) is 0 Å². The number of aliphatic hydroxyl groups is 1. The quantitative estimate of drug-likeness (QED) is 0.856. The van der Waals surface area contributed by atoms with Crippen LogP contribution in [0.5, 0.6) is 0 Å². The molecule has 1 aromatic carbocycles. The van der Waals surface area contributed by atoms with Crippen LogP contribution in [0.25, 0.3) is 0 Å². The standard InChI is InChI=1S/C12H14BrNO2/c1-8-2-3-11(13)10(6-8)12(16)14-5-4-9(15)7-14/h2-3,6,9,15H,4-5,7H2,1H3. The van der Waals surface area contributed by atoms with Crippen molar-refractivity contribution in [2.24, 2.45) is 0 Å². The first-order valence-corrected chi connectivity index (χ1v) is 6.10. The van der Waals surface area contributed by atoms with Crippen LogP contribution in [0.15, 0.2) is 22.7 Å². The predicted octanol–water partition coefficient (Wildman–Crippen LogP) is 1.96. The van der Waals surface area contributed by atoms with Crippen molar-refractivity contribution >= 4 is 21.8 Å². The summed E-state index contributed by atoms with van der Waals surface area (Å²) in [6.45, 7) is 3.04. The summed E-state index contributed by atoms with van der Waals surface area (Å²) in [5, 5.41) is 9.41. The Hall–Kier alpha value is -0.870. The fraction of sp³-hybridized carbons (Fsp3) is 0.417. The summed E-state index contributed by atoms with van der Waals surface area (Å²) in [4.78, 5) is 13.8. The highest BCUT2D eigenvalue weighted by molar-refractivity contribution is 9.10. The van der Waals surface area contributed by atoms with Gasteiger partial charge in [-0.15, -0.1) is 0 Å². The molecule has 1 N–H and O–H groups in total. The summed E-state index contributed by atoms with van der Waals surface area (Å²) in [7, 11) is 0. The monoisotopic (exact) mass is 283 g/mol. The Balaban J connectivity index is 2.23. The van der Waals surface area contributed by atoms with Crippen LogP contribution in [0, 0.1) is 6.92 Å². The van der Waals surface area contributed by atoms with Crippen molar-refractivity contribution in [2.45, 2.75) is 19.4 Å². The van der Waals surface area contributed by atoms with Crippen molar-refractivity contribution in [3.8, 4) is 0 Å². The molecule has 0 spiro atoms. The van der Waals surface area contributed by atoms with Crippen molar-refractivity contribution in [2.75, 3.05) is 13.1 Å². The van der Waals surface area contributed by atoms with E-state index in [0.29, 0.717) is 25.1 Å². The van der Waals surface area contributed by atoms with Crippen molar-refractivity contribution < 1.29 is 9.90 Å². The number of likely N-dealkylation sites (tertiary alicyclic amines) is 1. The number of rotatable bonds is 1. The molecule has 0 saturated carbocycles. The van der Waals surface area contributed by atoms with Crippen LogP contribution in [0.4, 0.5) is 0 Å². The Morgan fingerprint density at radius 3 is 2.94 bits per heavy atom. The second-order valence-electron chi connectivity index (χ2n) is 4.18. The van der Waals surface area contributed by atoms with Gasteiger partial charge in [-0.05, 0) is 41.4 Å². The maximum atomic E-state index is 12.2. The van der Waals surface area contributed by atoms with Crippen molar-refractivity contribution in [1.29, 1.82) is 0 Å². The van der Waals surface area contributed by atoms with Crippen LogP contribution in [-0.2, 0) is 0 Å². The third kappa shape index (κ3) is 2.28. The molecule has 1 atom stereocenters. The van der Waals surface area contributed by atoms with E-state index in [4.69, 9.17) is 0 Å². The summed E-state index contributed by atoms with van der Waals surface area (Å²) in [5.41, 5.74) is 1.74. The van der Waals surface area contributed by atoms with Gasteiger partial charge in [0, 0.05) is 17.6 Å². The van der Waals surface area contributed by atoms with E-state index in [-0.39, 0.29) is 12.0 Å². The highest BCUT2D eigenvalue weighted by Crippen LogP contribution is 2.22. The van der Waals surface area contributed by atoms with Gasteiger partial charge in [-0.1, -0.05) is 11.6 Å². The zero-order valence-corrected chi connectivity index (χ0v) is 10.7. The minimum atomic E-state index is -0.368. The minimum absolute atomic E-state index is 0.00729. The molecular formula is C12H14BrNO2. The molecule has 3 nitrogen and oxygen atoms in total. The molecule has 1 fully saturated rings. The molecule has 1 aliphatic rings. The number of nitrogens with zero attached hydrogens (tertiary/aromatic N) is 1. The SMILES string of the molecule is Cc1ccc(Br)c(C(=O)N2CCC(O)C2)c1. The van der Waals surface area contributed by atoms with Gasteiger partial charge in [-0.25, -0.2) is 0 Å². The van der Waals surface area contributed by atoms with Gasteiger partial charge in [0.05, 0.1) is 11.7 Å². The first-order chi connectivity index (χ1) is 7.58. The minimum Gasteiger partial charge on any atom is -0.391 e. The third-order valence-corrected chi connectivity index (χ3v) is 3.49. The number of aryl methyl sites for hydroxylation is 1. The number of carbonyl (C=O) groups excluding carboxylic acids is 1. The zero-order chi connectivity index (χ0) is 11.7. The number of amides is 1. The molecule has 1 heterocycles. The lowest BCUT2D eigenvalue weighted by atomic mass is 10.1. The average Bonchev–Trinajstić information content (AvgIpc) is 2.67. The topological polar surface area (TPSA) is 40.5 Å². The van der Waals surface area contributed by atoms with Crippen LogP contribution in [0.1, 0.15) is 22.3 Å². The zero-order valence-electron chi connectivity index (χ0n) is 9.11. The predicted molar refractivity (Wildman–Crippen MR) is 65.4 cm³/mol. The first kappa shape index (κ1) is 11.6. The molecule has 0 aliphatic carbocycles. The van der Waals surface area contributed by atoms with E-state index < -0.39 is 0 Å². The van der Waals surface area contributed by atoms with Crippen molar-refractivity contribution in [3.63, 3.8) is 0 Å². The summed E-state index contributed by atoms with van der Waals surface area (Å²) in [6, 6.07) is 5.71. The number of carbonyl (C=O) groups is 1. The first-order valence-electron chi connectivity index (χ1n) is 5.31. The van der Waals surface area contributed by atoms with Gasteiger partial charge in [-0.3, -0.25) is 4.79 Å². The number of halogens is 1. The van der Waals surface area contributed by atoms with E-state index in [1.807, 2.05) is 25.1 Å². The van der Waals surface area contributed by atoms with E-state index in [1.54, 1.807) is 4.90 Å². The molecule has 1 aliphatic heterocycles. The molecule has 1 unspecified atom stereocenters. The van der Waals surface area contributed by atoms with Crippen LogP contribution in [-0.4, -0.2) is 35.1 Å². The summed E-state index contributed by atoms with van der Waals surface area (Å²) in [5.74, 6) is -0.00729. The highest BCUT2D eigenvalue weighted by atomic mass is 79.9. The van der Waals surface area contributed by atoms with E-state index in [0.717, 1.165) is 10.0 Å². The molecule has 2 rings (SSSR count). The summed E-state index contributed by atoms with van der Waals surface area (Å²) >= 11 is 3.38. The van der Waals surface area contributed by atoms with E-state index in [1.165, 1.54) is 0 Å². The van der Waals surface area contributed by atoms with Gasteiger partial charge in [0.25, 0.3) is 5.91 Å². The molecule has 0 bridgehead atoms. The molecule has 0 aromatic heterocycles. The maximum absolute atomic E-state index is 12.2. The van der Waals surface area contributed by atoms with Crippen LogP contribution in [0.2, 0.25) is 0 Å². The second kappa shape index (κ2) is 4.55. The lowest BCUT2D eigenvalue weighted by Gasteiger charge is -2.16. The van der Waals surface area contributed by atoms with E-state index in [2.05, 4.69) is 15.9 Å². The number of benzene rings is 1. The lowest BCUT2D eigenvalue weighted by molar-refractivity contribution is 0.0764. The molecule has 1 saturated heterocycles. The summed E-state index contributed by atoms with van der Waals surface area (Å²) in [6.07, 6.45) is 0.308. The fourth-order valence-electron chi connectivity index (χ4n) is 1.90. The smallest absolute Gasteiger partial charge is 0.255 e. The van der Waals surface area contributed by atoms with Gasteiger partial charge >= 0.3 is 0 Å². The normalized spacial score (nSPS) is 20.2. The van der Waals surface area contributed by atoms with Crippen LogP contribution in [0.3, 0.4) is 0 Å². The van der Waals surface area contributed by atoms with Crippen molar-refractivity contribution in [3.05, 3.63) is 33.8 Å². The van der Waals surface area contributed by atoms with Gasteiger partial charge < -0.3 is 10.0 Å². The average molecular weight is 284 g/mol. The number of hydrogen-bond acceptors (Lipinski definition) is 2. The molecule has 86 valence electrons. The van der Waals surface area contributed by atoms with Crippen molar-refractivity contribution in [1.82, 2.24) is 4.90 Å². The highest BCUT2D eigenvalue weighted by Gasteiger charge is 2.26. The van der Waals surface area contributed by atoms with E-state index in [9.17, 15) is 9.90 Å². The number of aliphatic hydroxyl groups excluding tert-OH is 1. The molecule has 1 aromatic rings. The lowest BCUT2D eigenvalue weighted by Crippen LogP contribution is -2.29. The number of β-amino-alcohol motifs (C(OH)–C–C–N with tert-alkyl or cyclic N) is 1. The molecule has 16 heavy (non-hydrogen) atoms. The maximum Gasteiger partial charge on any atom is 0.255 e. The van der Waals surface area contributed by atoms with Gasteiger partial charge in [0.1, 0.15) is 0 Å². The van der Waals surface area contributed by atoms with Gasteiger partial charge in [-0.2, -0.15) is 0 Å². The number of hydrogen-bond donors (Lipinski definition) is 1. The molecule has 1 amide bonds. The van der Waals surface area contributed by atoms with E-state index >= 15 is 0 Å². The Bertz CT molecular complexity index is 419. The van der Waals surface area contributed by atoms with Crippen LogP contribution >= 0.6 is 15.9 Å². The Labute approximate surface area is 103 Å². The molecule has 0 radical (unpaired) electrons. The summed E-state index contributed by atoms with van der Waals surface area (Å²) < 4.78 is 0.810. The largest absolute Gasteiger partial charge is 0.391 e. The Kier molecular flexibility index (Phi) is 3.30. The fourth-order valence-corrected chi connectivity index (χ4v) is 2.32. The van der Waals surface area contributed by atoms with Crippen LogP contribution < -0.4 is 0 Å². The Morgan fingerprint density at radius 1 is 1.56 bits per heavy atom.